The molecule has 0 unspecified atom stereocenters. The van der Waals surface area contributed by atoms with E-state index < -0.39 is 110 Å². The van der Waals surface area contributed by atoms with Crippen molar-refractivity contribution in [3.63, 3.8) is 0 Å². The number of halogens is 19. The molecular weight excluding hydrogens is 854 g/mol. The van der Waals surface area contributed by atoms with Gasteiger partial charge in [-0.2, -0.15) is 79.0 Å². The molecule has 0 amide bonds. The Labute approximate surface area is 309 Å². The second-order valence-corrected chi connectivity index (χ2v) is 11.3. The molecule has 4 rings (SSSR count). The van der Waals surface area contributed by atoms with Crippen LogP contribution in [0.3, 0.4) is 0 Å². The first kappa shape index (κ1) is 46.2. The van der Waals surface area contributed by atoms with Crippen molar-refractivity contribution in [3.8, 4) is 0 Å². The minimum atomic E-state index is -5.29. The maximum Gasteiger partial charge on any atom is 0.435 e. The predicted molar refractivity (Wildman–Crippen MR) is 163 cm³/mol. The summed E-state index contributed by atoms with van der Waals surface area (Å²) < 4.78 is 234. The van der Waals surface area contributed by atoms with E-state index in [4.69, 9.17) is 11.6 Å². The lowest BCUT2D eigenvalue weighted by atomic mass is 10.1. The molecule has 27 heteroatoms. The Morgan fingerprint density at radius 3 is 1.28 bits per heavy atom. The molecule has 57 heavy (non-hydrogen) atoms. The van der Waals surface area contributed by atoms with Gasteiger partial charge < -0.3 is 10.6 Å². The lowest BCUT2D eigenvalue weighted by Crippen LogP contribution is -2.28. The number of rotatable bonds is 6. The number of anilines is 4. The van der Waals surface area contributed by atoms with Gasteiger partial charge in [0.2, 0.25) is 11.9 Å². The Kier molecular flexibility index (Phi) is 13.0. The minimum Gasteiger partial charge on any atom is -0.325 e. The SMILES string of the molecule is CCn1c(Nc2ccc(C(F)(F)F)cc2C(F)(F)F)nc(C(F)(F)F)c(Cl)c1=O.CCn1c(Nc2ccc(C(F)(F)F)cc2C(F)(F)F)nc(C(F)(F)F)cc1=O. The summed E-state index contributed by atoms with van der Waals surface area (Å²) in [6, 6.07) is 1.15. The molecular formula is C30H19ClF18N6O2. The monoisotopic (exact) mass is 872 g/mol. The fourth-order valence-corrected chi connectivity index (χ4v) is 4.78. The van der Waals surface area contributed by atoms with Crippen molar-refractivity contribution in [2.45, 2.75) is 64.0 Å². The maximum atomic E-state index is 13.2. The van der Waals surface area contributed by atoms with Gasteiger partial charge in [0.25, 0.3) is 11.1 Å². The molecule has 0 aliphatic rings. The van der Waals surface area contributed by atoms with E-state index in [0.717, 1.165) is 0 Å². The lowest BCUT2D eigenvalue weighted by molar-refractivity contribution is -0.144. The first-order valence-corrected chi connectivity index (χ1v) is 15.3. The summed E-state index contributed by atoms with van der Waals surface area (Å²) in [5, 5.41) is 2.46. The van der Waals surface area contributed by atoms with E-state index >= 15 is 0 Å². The van der Waals surface area contributed by atoms with E-state index in [2.05, 4.69) is 9.97 Å². The zero-order chi connectivity index (χ0) is 43.9. The zero-order valence-electron chi connectivity index (χ0n) is 27.7. The average Bonchev–Trinajstić information content (AvgIpc) is 3.04. The molecule has 2 aromatic carbocycles. The molecule has 0 bridgehead atoms. The Morgan fingerprint density at radius 1 is 0.544 bits per heavy atom. The van der Waals surface area contributed by atoms with Crippen molar-refractivity contribution in [1.29, 1.82) is 0 Å². The van der Waals surface area contributed by atoms with Crippen LogP contribution in [-0.4, -0.2) is 19.1 Å². The van der Waals surface area contributed by atoms with E-state index in [1.807, 2.05) is 10.6 Å². The number of nitrogens with one attached hydrogen (secondary N) is 2. The summed E-state index contributed by atoms with van der Waals surface area (Å²) in [7, 11) is 0. The van der Waals surface area contributed by atoms with Gasteiger partial charge in [-0.15, -0.1) is 0 Å². The maximum absolute atomic E-state index is 13.2. The lowest BCUT2D eigenvalue weighted by Gasteiger charge is -2.19. The number of alkyl halides is 18. The standard InChI is InChI=1S/C15H9ClF9N3O.C15H10F9N3O/c1-2-28-11(29)9(16)10(15(23,24)25)27-12(28)26-8-4-3-6(13(17,18)19)5-7(8)14(20,21)22;1-2-27-11(28)6-10(15(22,23)24)26-12(27)25-9-4-3-7(13(16,17)18)5-8(9)14(19,20)21/h3-5H,2H2,1H3,(H,26,27);3-6H,2H2,1H3,(H,25,26). The average molecular weight is 873 g/mol. The molecule has 0 radical (unpaired) electrons. The zero-order valence-corrected chi connectivity index (χ0v) is 28.5. The molecule has 2 heterocycles. The van der Waals surface area contributed by atoms with Crippen LogP contribution in [0.15, 0.2) is 52.1 Å². The minimum absolute atomic E-state index is 0.159. The molecule has 0 aliphatic carbocycles. The van der Waals surface area contributed by atoms with Gasteiger partial charge in [0.1, 0.15) is 5.02 Å². The fourth-order valence-electron chi connectivity index (χ4n) is 4.53. The highest BCUT2D eigenvalue weighted by atomic mass is 35.5. The van der Waals surface area contributed by atoms with E-state index in [9.17, 15) is 88.6 Å². The van der Waals surface area contributed by atoms with Crippen LogP contribution in [0, 0.1) is 0 Å². The van der Waals surface area contributed by atoms with E-state index in [-0.39, 0.29) is 31.3 Å². The Balaban J connectivity index is 0.000000306. The number of hydrogen-bond donors (Lipinski definition) is 2. The summed E-state index contributed by atoms with van der Waals surface area (Å²) in [4.78, 5) is 30.0. The number of nitrogens with zero attached hydrogens (tertiary/aromatic N) is 4. The smallest absolute Gasteiger partial charge is 0.325 e. The van der Waals surface area contributed by atoms with Crippen molar-refractivity contribution < 1.29 is 79.0 Å². The van der Waals surface area contributed by atoms with Crippen LogP contribution in [0.1, 0.15) is 47.5 Å². The van der Waals surface area contributed by atoms with Gasteiger partial charge in [0, 0.05) is 19.2 Å². The van der Waals surface area contributed by atoms with Crippen LogP contribution in [-0.2, 0) is 50.1 Å². The van der Waals surface area contributed by atoms with Gasteiger partial charge >= 0.3 is 37.1 Å². The molecule has 8 nitrogen and oxygen atoms in total. The van der Waals surface area contributed by atoms with Gasteiger partial charge in [-0.05, 0) is 50.2 Å². The predicted octanol–water partition coefficient (Wildman–Crippen LogP) is 10.8. The molecule has 314 valence electrons. The van der Waals surface area contributed by atoms with E-state index in [1.165, 1.54) is 13.8 Å². The normalized spacial score (nSPS) is 12.9. The van der Waals surface area contributed by atoms with Crippen LogP contribution in [0.2, 0.25) is 5.02 Å². The van der Waals surface area contributed by atoms with Crippen LogP contribution in [0.4, 0.5) is 102 Å². The van der Waals surface area contributed by atoms with Crippen molar-refractivity contribution in [1.82, 2.24) is 19.1 Å². The first-order valence-electron chi connectivity index (χ1n) is 14.9. The molecule has 0 aliphatic heterocycles. The molecule has 0 atom stereocenters. The highest BCUT2D eigenvalue weighted by Gasteiger charge is 2.42. The summed E-state index contributed by atoms with van der Waals surface area (Å²) in [5.74, 6) is -1.87. The third kappa shape index (κ3) is 11.0. The van der Waals surface area contributed by atoms with E-state index in [0.29, 0.717) is 33.4 Å². The molecule has 0 spiro atoms. The molecule has 0 fully saturated rings. The summed E-state index contributed by atoms with van der Waals surface area (Å²) >= 11 is 5.36. The van der Waals surface area contributed by atoms with Crippen molar-refractivity contribution >= 4 is 34.9 Å². The fraction of sp³-hybridized carbons (Fsp3) is 0.333. The largest absolute Gasteiger partial charge is 0.435 e. The molecule has 2 N–H and O–H groups in total. The van der Waals surface area contributed by atoms with Crippen LogP contribution < -0.4 is 21.8 Å². The summed E-state index contributed by atoms with van der Waals surface area (Å²) in [5.41, 5.74) is -14.9. The first-order chi connectivity index (χ1) is 25.7. The second kappa shape index (κ2) is 16.0. The van der Waals surface area contributed by atoms with Crippen molar-refractivity contribution in [2.24, 2.45) is 0 Å². The van der Waals surface area contributed by atoms with Gasteiger partial charge in [-0.25, -0.2) is 9.97 Å². The number of benzene rings is 2. The Hall–Kier alpha value is -5.17. The van der Waals surface area contributed by atoms with Crippen LogP contribution in [0.5, 0.6) is 0 Å². The summed E-state index contributed by atoms with van der Waals surface area (Å²) in [6.07, 6.45) is -31.0. The Bertz CT molecular complexity index is 2220. The quantitative estimate of drug-likeness (QED) is 0.188. The van der Waals surface area contributed by atoms with Gasteiger partial charge in [-0.3, -0.25) is 18.7 Å². The van der Waals surface area contributed by atoms with E-state index in [1.54, 1.807) is 0 Å². The second-order valence-electron chi connectivity index (χ2n) is 11.0. The molecule has 0 saturated heterocycles. The van der Waals surface area contributed by atoms with Crippen molar-refractivity contribution in [3.05, 3.63) is 102 Å². The third-order valence-electron chi connectivity index (χ3n) is 7.11. The third-order valence-corrected chi connectivity index (χ3v) is 7.45. The molecule has 0 saturated carbocycles. The topological polar surface area (TPSA) is 93.8 Å². The highest BCUT2D eigenvalue weighted by Crippen LogP contribution is 2.42. The molecule has 4 aromatic rings. The number of aromatic nitrogens is 4. The number of hydrogen-bond acceptors (Lipinski definition) is 6. The van der Waals surface area contributed by atoms with Crippen LogP contribution >= 0.6 is 11.6 Å². The van der Waals surface area contributed by atoms with Crippen molar-refractivity contribution in [2.75, 3.05) is 10.6 Å². The summed E-state index contributed by atoms with van der Waals surface area (Å²) in [6.45, 7) is 2.00. The van der Waals surface area contributed by atoms with Gasteiger partial charge in [-0.1, -0.05) is 11.6 Å². The Morgan fingerprint density at radius 2 is 0.947 bits per heavy atom. The van der Waals surface area contributed by atoms with Gasteiger partial charge in [0.15, 0.2) is 11.4 Å². The van der Waals surface area contributed by atoms with Crippen LogP contribution in [0.25, 0.3) is 0 Å². The highest BCUT2D eigenvalue weighted by molar-refractivity contribution is 6.31. The molecule has 2 aromatic heterocycles. The van der Waals surface area contributed by atoms with Gasteiger partial charge in [0.05, 0.1) is 33.6 Å².